The van der Waals surface area contributed by atoms with Gasteiger partial charge in [-0.2, -0.15) is 0 Å². The molecule has 0 aliphatic heterocycles. The van der Waals surface area contributed by atoms with E-state index in [2.05, 4.69) is 9.72 Å². The molecule has 1 rings (SSSR count). The molecule has 1 aromatic heterocycles. The fraction of sp³-hybridized carbons (Fsp3) is 0.375. The van der Waals surface area contributed by atoms with Crippen molar-refractivity contribution in [3.05, 3.63) is 20.9 Å². The van der Waals surface area contributed by atoms with Crippen LogP contribution in [0.3, 0.4) is 0 Å². The number of aliphatic hydroxyl groups excluding tert-OH is 1. The maximum absolute atomic E-state index is 12.4. The van der Waals surface area contributed by atoms with Gasteiger partial charge < -0.3 is 9.84 Å². The summed E-state index contributed by atoms with van der Waals surface area (Å²) in [5, 5.41) is 8.87. The predicted octanol–water partition coefficient (Wildman–Crippen LogP) is 3.01. The highest BCUT2D eigenvalue weighted by Crippen LogP contribution is 2.33. The predicted molar refractivity (Wildman–Crippen MR) is 54.5 cm³/mol. The number of hydrogen-bond acceptors (Lipinski definition) is 3. The highest BCUT2D eigenvalue weighted by molar-refractivity contribution is 14.1. The molecule has 0 aliphatic carbocycles. The van der Waals surface area contributed by atoms with Crippen LogP contribution in [0.4, 0.5) is 22.0 Å². The molecule has 17 heavy (non-hydrogen) atoms. The summed E-state index contributed by atoms with van der Waals surface area (Å²) in [6.07, 6.45) is -7.34. The van der Waals surface area contributed by atoms with E-state index in [0.29, 0.717) is 6.20 Å². The Hall–Kier alpha value is -0.710. The number of ether oxygens (including phenoxy) is 1. The number of nitrogens with zero attached hydrogens (tertiary/aromatic N) is 1. The summed E-state index contributed by atoms with van der Waals surface area (Å²) in [4.78, 5) is 3.15. The first-order valence-corrected chi connectivity index (χ1v) is 5.16. The molecule has 9 heteroatoms. The zero-order valence-electron chi connectivity index (χ0n) is 7.93. The van der Waals surface area contributed by atoms with Crippen molar-refractivity contribution < 1.29 is 31.8 Å². The minimum Gasteiger partial charge on any atom is -0.392 e. The average molecular weight is 369 g/mol. The molecule has 0 atom stereocenters. The number of pyridine rings is 1. The molecule has 0 bridgehead atoms. The highest BCUT2D eigenvalue weighted by atomic mass is 127. The lowest BCUT2D eigenvalue weighted by molar-refractivity contribution is -0.276. The maximum atomic E-state index is 12.4. The molecule has 0 amide bonds. The van der Waals surface area contributed by atoms with E-state index >= 15 is 0 Å². The average Bonchev–Trinajstić information content (AvgIpc) is 2.18. The molecule has 0 saturated heterocycles. The molecule has 1 aromatic rings. The molecule has 1 heterocycles. The largest absolute Gasteiger partial charge is 0.574 e. The van der Waals surface area contributed by atoms with Gasteiger partial charge in [-0.1, -0.05) is 0 Å². The van der Waals surface area contributed by atoms with Gasteiger partial charge in [0.2, 0.25) is 5.88 Å². The fourth-order valence-corrected chi connectivity index (χ4v) is 1.78. The summed E-state index contributed by atoms with van der Waals surface area (Å²) in [6, 6.07) is 0. The first-order chi connectivity index (χ1) is 7.76. The van der Waals surface area contributed by atoms with Crippen molar-refractivity contribution in [1.29, 1.82) is 0 Å². The number of rotatable bonds is 3. The highest BCUT2D eigenvalue weighted by Gasteiger charge is 2.33. The van der Waals surface area contributed by atoms with Crippen LogP contribution in [0.1, 0.15) is 17.6 Å². The van der Waals surface area contributed by atoms with Crippen molar-refractivity contribution in [2.24, 2.45) is 0 Å². The van der Waals surface area contributed by atoms with E-state index in [9.17, 15) is 22.0 Å². The van der Waals surface area contributed by atoms with E-state index in [1.807, 2.05) is 0 Å². The van der Waals surface area contributed by atoms with Gasteiger partial charge in [0.25, 0.3) is 6.43 Å². The molecule has 3 nitrogen and oxygen atoms in total. The summed E-state index contributed by atoms with van der Waals surface area (Å²) in [7, 11) is 0. The monoisotopic (exact) mass is 369 g/mol. The third-order valence-electron chi connectivity index (χ3n) is 1.73. The van der Waals surface area contributed by atoms with E-state index in [4.69, 9.17) is 5.11 Å². The Morgan fingerprint density at radius 3 is 2.41 bits per heavy atom. The normalized spacial score (nSPS) is 12.0. The fourth-order valence-electron chi connectivity index (χ4n) is 1.05. The molecule has 0 spiro atoms. The first-order valence-electron chi connectivity index (χ1n) is 4.08. The molecule has 0 unspecified atom stereocenters. The van der Waals surface area contributed by atoms with E-state index in [-0.39, 0.29) is 9.13 Å². The second-order valence-electron chi connectivity index (χ2n) is 2.82. The third-order valence-corrected chi connectivity index (χ3v) is 2.84. The quantitative estimate of drug-likeness (QED) is 0.658. The molecule has 0 aromatic carbocycles. The molecule has 1 N–H and O–H groups in total. The van der Waals surface area contributed by atoms with Gasteiger partial charge in [-0.15, -0.1) is 13.2 Å². The van der Waals surface area contributed by atoms with E-state index in [1.165, 1.54) is 22.6 Å². The Bertz CT molecular complexity index is 410. The van der Waals surface area contributed by atoms with Crippen molar-refractivity contribution in [2.75, 3.05) is 0 Å². The molecule has 0 fully saturated rings. The SMILES string of the molecule is OCc1c(C(F)F)cnc(OC(F)(F)F)c1I. The summed E-state index contributed by atoms with van der Waals surface area (Å²) in [5.41, 5.74) is -0.943. The number of aliphatic hydroxyl groups is 1. The third kappa shape index (κ3) is 3.63. The Kier molecular flexibility index (Phi) is 4.47. The van der Waals surface area contributed by atoms with Crippen LogP contribution in [0.25, 0.3) is 0 Å². The lowest BCUT2D eigenvalue weighted by Gasteiger charge is -2.13. The first kappa shape index (κ1) is 14.4. The minimum atomic E-state index is -4.97. The van der Waals surface area contributed by atoms with E-state index in [1.54, 1.807) is 0 Å². The van der Waals surface area contributed by atoms with Crippen LogP contribution < -0.4 is 4.74 Å². The van der Waals surface area contributed by atoms with Crippen LogP contribution in [0.2, 0.25) is 0 Å². The standard InChI is InChI=1S/C8H5F5INO2/c9-6(10)3-1-15-7(17-8(11,12)13)5(14)4(3)2-16/h1,6,16H,2H2. The van der Waals surface area contributed by atoms with Gasteiger partial charge in [0, 0.05) is 17.3 Å². The number of hydrogen-bond donors (Lipinski definition) is 1. The second-order valence-corrected chi connectivity index (χ2v) is 3.90. The lowest BCUT2D eigenvalue weighted by atomic mass is 10.1. The van der Waals surface area contributed by atoms with Gasteiger partial charge >= 0.3 is 6.36 Å². The van der Waals surface area contributed by atoms with Crippen LogP contribution in [0, 0.1) is 3.57 Å². The number of halogens is 6. The van der Waals surface area contributed by atoms with Crippen LogP contribution in [0.15, 0.2) is 6.20 Å². The van der Waals surface area contributed by atoms with Crippen molar-refractivity contribution in [2.45, 2.75) is 19.4 Å². The van der Waals surface area contributed by atoms with Crippen molar-refractivity contribution in [3.63, 3.8) is 0 Å². The van der Waals surface area contributed by atoms with Gasteiger partial charge in [0.05, 0.1) is 10.2 Å². The van der Waals surface area contributed by atoms with Crippen LogP contribution in [-0.2, 0) is 6.61 Å². The Labute approximate surface area is 106 Å². The number of aromatic nitrogens is 1. The Morgan fingerprint density at radius 2 is 2.00 bits per heavy atom. The molecular weight excluding hydrogens is 364 g/mol. The minimum absolute atomic E-state index is 0.291. The molecular formula is C8H5F5INO2. The zero-order valence-corrected chi connectivity index (χ0v) is 10.1. The van der Waals surface area contributed by atoms with Gasteiger partial charge in [0.1, 0.15) is 0 Å². The van der Waals surface area contributed by atoms with E-state index in [0.717, 1.165) is 0 Å². The number of alkyl halides is 5. The van der Waals surface area contributed by atoms with Crippen LogP contribution >= 0.6 is 22.6 Å². The molecule has 0 radical (unpaired) electrons. The smallest absolute Gasteiger partial charge is 0.392 e. The van der Waals surface area contributed by atoms with Crippen LogP contribution in [0.5, 0.6) is 5.88 Å². The Morgan fingerprint density at radius 1 is 1.41 bits per heavy atom. The Balaban J connectivity index is 3.20. The summed E-state index contributed by atoms with van der Waals surface area (Å²) >= 11 is 1.36. The van der Waals surface area contributed by atoms with E-state index < -0.39 is 30.8 Å². The van der Waals surface area contributed by atoms with Gasteiger partial charge in [-0.25, -0.2) is 13.8 Å². The summed E-state index contributed by atoms with van der Waals surface area (Å²) in [6.45, 7) is -0.825. The van der Waals surface area contributed by atoms with Gasteiger partial charge in [-0.3, -0.25) is 0 Å². The summed E-state index contributed by atoms with van der Waals surface area (Å²) < 4.78 is 64.0. The van der Waals surface area contributed by atoms with Crippen LogP contribution in [-0.4, -0.2) is 16.5 Å². The summed E-state index contributed by atoms with van der Waals surface area (Å²) in [5.74, 6) is -0.855. The lowest BCUT2D eigenvalue weighted by Crippen LogP contribution is -2.19. The van der Waals surface area contributed by atoms with Gasteiger partial charge in [0.15, 0.2) is 0 Å². The maximum Gasteiger partial charge on any atom is 0.574 e. The van der Waals surface area contributed by atoms with Crippen molar-refractivity contribution in [1.82, 2.24) is 4.98 Å². The van der Waals surface area contributed by atoms with Crippen molar-refractivity contribution >= 4 is 22.6 Å². The van der Waals surface area contributed by atoms with Crippen molar-refractivity contribution in [3.8, 4) is 5.88 Å². The second kappa shape index (κ2) is 5.29. The topological polar surface area (TPSA) is 42.4 Å². The zero-order chi connectivity index (χ0) is 13.2. The molecule has 96 valence electrons. The van der Waals surface area contributed by atoms with Gasteiger partial charge in [-0.05, 0) is 22.6 Å². The molecule has 0 aliphatic rings. The molecule has 0 saturated carbocycles.